The molecular weight excluding hydrogens is 212 g/mol. The van der Waals surface area contributed by atoms with E-state index in [1.54, 1.807) is 0 Å². The zero-order chi connectivity index (χ0) is 12.0. The average molecular weight is 228 g/mol. The fourth-order valence-corrected chi connectivity index (χ4v) is 2.30. The summed E-state index contributed by atoms with van der Waals surface area (Å²) in [5.74, 6) is 2.12. The molecule has 88 valence electrons. The summed E-state index contributed by atoms with van der Waals surface area (Å²) in [7, 11) is 0. The Labute approximate surface area is 101 Å². The van der Waals surface area contributed by atoms with E-state index in [4.69, 9.17) is 0 Å². The first-order valence-corrected chi connectivity index (χ1v) is 5.90. The highest BCUT2D eigenvalue weighted by Gasteiger charge is 2.26. The first-order chi connectivity index (χ1) is 8.05. The van der Waals surface area contributed by atoms with E-state index in [1.165, 1.54) is 11.1 Å². The molecule has 17 heavy (non-hydrogen) atoms. The van der Waals surface area contributed by atoms with Crippen molar-refractivity contribution in [3.63, 3.8) is 0 Å². The van der Waals surface area contributed by atoms with Gasteiger partial charge in [-0.1, -0.05) is 20.8 Å². The fraction of sp³-hybridized carbons (Fsp3) is 0.462. The summed E-state index contributed by atoms with van der Waals surface area (Å²) in [6.45, 7) is 7.39. The van der Waals surface area contributed by atoms with Crippen LogP contribution in [0.25, 0.3) is 0 Å². The topological polar surface area (TPSA) is 43.6 Å². The second-order valence-corrected chi connectivity index (χ2v) is 5.60. The maximum absolute atomic E-state index is 4.34. The Bertz CT molecular complexity index is 563. The molecule has 0 amide bonds. The van der Waals surface area contributed by atoms with Crippen LogP contribution in [0.1, 0.15) is 43.5 Å². The smallest absolute Gasteiger partial charge is 0.138 e. The third-order valence-electron chi connectivity index (χ3n) is 3.18. The maximum Gasteiger partial charge on any atom is 0.138 e. The lowest BCUT2D eigenvalue weighted by molar-refractivity contribution is 0.501. The van der Waals surface area contributed by atoms with Crippen LogP contribution in [0.2, 0.25) is 0 Å². The van der Waals surface area contributed by atoms with Crippen LogP contribution in [0.5, 0.6) is 0 Å². The van der Waals surface area contributed by atoms with Gasteiger partial charge in [-0.25, -0.2) is 0 Å². The van der Waals surface area contributed by atoms with Gasteiger partial charge in [0.2, 0.25) is 0 Å². The fourth-order valence-electron chi connectivity index (χ4n) is 2.30. The van der Waals surface area contributed by atoms with E-state index in [2.05, 4.69) is 46.6 Å². The predicted octanol–water partition coefficient (Wildman–Crippen LogP) is 1.92. The SMILES string of the molecule is CC(C)(C)c1nnc2n1Cc1ccncc1C2. The lowest BCUT2D eigenvalue weighted by atomic mass is 9.94. The number of nitrogens with zero attached hydrogens (tertiary/aromatic N) is 4. The normalized spacial score (nSPS) is 14.3. The quantitative estimate of drug-likeness (QED) is 0.590. The minimum Gasteiger partial charge on any atom is -0.310 e. The lowest BCUT2D eigenvalue weighted by Crippen LogP contribution is -2.23. The zero-order valence-corrected chi connectivity index (χ0v) is 10.4. The van der Waals surface area contributed by atoms with Crippen LogP contribution < -0.4 is 0 Å². The van der Waals surface area contributed by atoms with Crippen LogP contribution in [0.3, 0.4) is 0 Å². The van der Waals surface area contributed by atoms with Crippen molar-refractivity contribution in [1.82, 2.24) is 19.7 Å². The van der Waals surface area contributed by atoms with Crippen molar-refractivity contribution >= 4 is 0 Å². The molecule has 4 heteroatoms. The molecule has 3 heterocycles. The lowest BCUT2D eigenvalue weighted by Gasteiger charge is -2.23. The van der Waals surface area contributed by atoms with Crippen LogP contribution in [0.4, 0.5) is 0 Å². The van der Waals surface area contributed by atoms with Gasteiger partial charge in [-0.05, 0) is 17.2 Å². The van der Waals surface area contributed by atoms with E-state index in [-0.39, 0.29) is 5.41 Å². The standard InChI is InChI=1S/C13H16N4/c1-13(2,3)12-16-15-11-6-10-7-14-5-4-9(10)8-17(11)12/h4-5,7H,6,8H2,1-3H3. The third kappa shape index (κ3) is 1.64. The summed E-state index contributed by atoms with van der Waals surface area (Å²) in [5.41, 5.74) is 2.64. The van der Waals surface area contributed by atoms with E-state index in [0.29, 0.717) is 0 Å². The van der Waals surface area contributed by atoms with Crippen molar-refractivity contribution in [2.45, 2.75) is 39.2 Å². The Morgan fingerprint density at radius 2 is 2.00 bits per heavy atom. The first kappa shape index (κ1) is 10.4. The molecule has 0 spiro atoms. The summed E-state index contributed by atoms with van der Waals surface area (Å²) < 4.78 is 2.24. The number of rotatable bonds is 0. The van der Waals surface area contributed by atoms with Crippen molar-refractivity contribution < 1.29 is 0 Å². The van der Waals surface area contributed by atoms with Gasteiger partial charge >= 0.3 is 0 Å². The van der Waals surface area contributed by atoms with Crippen molar-refractivity contribution in [2.24, 2.45) is 0 Å². The summed E-state index contributed by atoms with van der Waals surface area (Å²) in [5, 5.41) is 8.65. The van der Waals surface area contributed by atoms with Crippen LogP contribution in [-0.2, 0) is 18.4 Å². The first-order valence-electron chi connectivity index (χ1n) is 5.90. The van der Waals surface area contributed by atoms with Crippen LogP contribution in [0.15, 0.2) is 18.5 Å². The number of aromatic nitrogens is 4. The molecule has 1 aliphatic rings. The molecule has 0 saturated heterocycles. The van der Waals surface area contributed by atoms with E-state index in [1.807, 2.05) is 12.4 Å². The number of fused-ring (bicyclic) bond motifs is 2. The second-order valence-electron chi connectivity index (χ2n) is 5.60. The van der Waals surface area contributed by atoms with Gasteiger partial charge in [-0.3, -0.25) is 4.98 Å². The van der Waals surface area contributed by atoms with Crippen LogP contribution in [-0.4, -0.2) is 19.7 Å². The van der Waals surface area contributed by atoms with Gasteiger partial charge in [-0.15, -0.1) is 10.2 Å². The van der Waals surface area contributed by atoms with E-state index in [0.717, 1.165) is 24.6 Å². The van der Waals surface area contributed by atoms with Gasteiger partial charge in [-0.2, -0.15) is 0 Å². The monoisotopic (exact) mass is 228 g/mol. The second kappa shape index (κ2) is 3.39. The molecular formula is C13H16N4. The minimum atomic E-state index is 0.0375. The number of pyridine rings is 1. The molecule has 2 aromatic heterocycles. The number of hydrogen-bond donors (Lipinski definition) is 0. The highest BCUT2D eigenvalue weighted by Crippen LogP contribution is 2.26. The highest BCUT2D eigenvalue weighted by molar-refractivity contribution is 5.31. The molecule has 0 aliphatic carbocycles. The summed E-state index contributed by atoms with van der Waals surface area (Å²) in [4.78, 5) is 4.17. The predicted molar refractivity (Wildman–Crippen MR) is 64.9 cm³/mol. The molecule has 0 bridgehead atoms. The number of hydrogen-bond acceptors (Lipinski definition) is 3. The molecule has 2 aromatic rings. The van der Waals surface area contributed by atoms with Gasteiger partial charge in [0.1, 0.15) is 11.6 Å². The van der Waals surface area contributed by atoms with Crippen LogP contribution in [0, 0.1) is 0 Å². The molecule has 0 unspecified atom stereocenters. The molecule has 1 aliphatic heterocycles. The van der Waals surface area contributed by atoms with Gasteiger partial charge in [0.25, 0.3) is 0 Å². The van der Waals surface area contributed by atoms with E-state index in [9.17, 15) is 0 Å². The molecule has 0 radical (unpaired) electrons. The Morgan fingerprint density at radius 3 is 2.76 bits per heavy atom. The van der Waals surface area contributed by atoms with Gasteiger partial charge in [0.05, 0.1) is 6.54 Å². The third-order valence-corrected chi connectivity index (χ3v) is 3.18. The van der Waals surface area contributed by atoms with Crippen molar-refractivity contribution in [2.75, 3.05) is 0 Å². The summed E-state index contributed by atoms with van der Waals surface area (Å²) >= 11 is 0. The Balaban J connectivity index is 2.09. The average Bonchev–Trinajstić information content (AvgIpc) is 2.68. The largest absolute Gasteiger partial charge is 0.310 e. The summed E-state index contributed by atoms with van der Waals surface area (Å²) in [6, 6.07) is 2.09. The van der Waals surface area contributed by atoms with Crippen LogP contribution >= 0.6 is 0 Å². The van der Waals surface area contributed by atoms with Crippen molar-refractivity contribution in [1.29, 1.82) is 0 Å². The molecule has 0 N–H and O–H groups in total. The zero-order valence-electron chi connectivity index (χ0n) is 10.4. The van der Waals surface area contributed by atoms with E-state index >= 15 is 0 Å². The Kier molecular flexibility index (Phi) is 2.08. The molecule has 0 aromatic carbocycles. The Hall–Kier alpha value is -1.71. The van der Waals surface area contributed by atoms with Gasteiger partial charge in [0, 0.05) is 24.2 Å². The Morgan fingerprint density at radius 1 is 1.18 bits per heavy atom. The molecule has 3 rings (SSSR count). The summed E-state index contributed by atoms with van der Waals surface area (Å²) in [6.07, 6.45) is 4.63. The molecule has 4 nitrogen and oxygen atoms in total. The van der Waals surface area contributed by atoms with Gasteiger partial charge in [0.15, 0.2) is 0 Å². The van der Waals surface area contributed by atoms with Crippen molar-refractivity contribution in [3.05, 3.63) is 41.2 Å². The van der Waals surface area contributed by atoms with Crippen molar-refractivity contribution in [3.8, 4) is 0 Å². The van der Waals surface area contributed by atoms with Gasteiger partial charge < -0.3 is 4.57 Å². The minimum absolute atomic E-state index is 0.0375. The molecule has 0 fully saturated rings. The molecule has 0 saturated carbocycles. The highest BCUT2D eigenvalue weighted by atomic mass is 15.3. The molecule has 0 atom stereocenters. The van der Waals surface area contributed by atoms with E-state index < -0.39 is 0 Å². The maximum atomic E-state index is 4.34.